The number of carbonyl (C=O) groups is 1. The Kier molecular flexibility index (Phi) is 4.91. The molecule has 104 valence electrons. The van der Waals surface area contributed by atoms with Crippen LogP contribution in [-0.2, 0) is 6.54 Å². The van der Waals surface area contributed by atoms with Crippen molar-refractivity contribution >= 4 is 5.91 Å². The number of aryl methyl sites for hydroxylation is 1. The third-order valence-electron chi connectivity index (χ3n) is 3.17. The van der Waals surface area contributed by atoms with Crippen molar-refractivity contribution in [2.75, 3.05) is 13.2 Å². The number of hydrogen-bond donors (Lipinski definition) is 1. The fourth-order valence-electron chi connectivity index (χ4n) is 2.06. The predicted octanol–water partition coefficient (Wildman–Crippen LogP) is 2.63. The van der Waals surface area contributed by atoms with Crippen LogP contribution >= 0.6 is 0 Å². The summed E-state index contributed by atoms with van der Waals surface area (Å²) in [5.41, 5.74) is 2.83. The van der Waals surface area contributed by atoms with Crippen LogP contribution in [0.1, 0.15) is 21.5 Å². The van der Waals surface area contributed by atoms with Gasteiger partial charge in [-0.2, -0.15) is 0 Å². The molecule has 1 N–H and O–H groups in total. The van der Waals surface area contributed by atoms with Crippen LogP contribution in [0.4, 0.5) is 0 Å². The van der Waals surface area contributed by atoms with Gasteiger partial charge in [0.05, 0.1) is 6.61 Å². The molecule has 1 amide bonds. The summed E-state index contributed by atoms with van der Waals surface area (Å²) < 4.78 is 0. The molecule has 0 saturated heterocycles. The predicted molar refractivity (Wildman–Crippen MR) is 79.4 cm³/mol. The topological polar surface area (TPSA) is 40.5 Å². The lowest BCUT2D eigenvalue weighted by Crippen LogP contribution is -2.33. The highest BCUT2D eigenvalue weighted by Crippen LogP contribution is 2.11. The van der Waals surface area contributed by atoms with E-state index in [0.29, 0.717) is 18.7 Å². The van der Waals surface area contributed by atoms with Gasteiger partial charge in [0, 0.05) is 18.7 Å². The molecule has 3 heteroatoms. The van der Waals surface area contributed by atoms with Crippen LogP contribution < -0.4 is 0 Å². The zero-order chi connectivity index (χ0) is 14.4. The molecule has 0 spiro atoms. The van der Waals surface area contributed by atoms with Gasteiger partial charge < -0.3 is 10.0 Å². The third-order valence-corrected chi connectivity index (χ3v) is 3.17. The van der Waals surface area contributed by atoms with Crippen molar-refractivity contribution in [3.8, 4) is 0 Å². The number of rotatable bonds is 5. The molecule has 3 nitrogen and oxygen atoms in total. The fraction of sp³-hybridized carbons (Fsp3) is 0.235. The third kappa shape index (κ3) is 3.68. The summed E-state index contributed by atoms with van der Waals surface area (Å²) in [6, 6.07) is 17.3. The summed E-state index contributed by atoms with van der Waals surface area (Å²) in [5, 5.41) is 9.16. The number of amides is 1. The van der Waals surface area contributed by atoms with Gasteiger partial charge in [-0.1, -0.05) is 48.0 Å². The van der Waals surface area contributed by atoms with Gasteiger partial charge in [0.2, 0.25) is 0 Å². The molecule has 0 unspecified atom stereocenters. The summed E-state index contributed by atoms with van der Waals surface area (Å²) in [6.07, 6.45) is 0. The molecule has 0 aromatic heterocycles. The first-order chi connectivity index (χ1) is 9.70. The second kappa shape index (κ2) is 6.87. The molecule has 0 heterocycles. The largest absolute Gasteiger partial charge is 0.395 e. The maximum Gasteiger partial charge on any atom is 0.254 e. The number of nitrogens with zero attached hydrogens (tertiary/aromatic N) is 1. The summed E-state index contributed by atoms with van der Waals surface area (Å²) in [5.74, 6) is -0.0529. The summed E-state index contributed by atoms with van der Waals surface area (Å²) in [7, 11) is 0. The first-order valence-corrected chi connectivity index (χ1v) is 6.71. The number of benzene rings is 2. The lowest BCUT2D eigenvalue weighted by molar-refractivity contribution is 0.0708. The molecule has 2 aromatic rings. The Hall–Kier alpha value is -2.13. The Bertz CT molecular complexity index is 549. The van der Waals surface area contributed by atoms with Crippen LogP contribution in [0.2, 0.25) is 0 Å². The number of hydrogen-bond acceptors (Lipinski definition) is 2. The van der Waals surface area contributed by atoms with Crippen molar-refractivity contribution in [2.45, 2.75) is 13.5 Å². The molecular formula is C17H19NO2. The minimum Gasteiger partial charge on any atom is -0.395 e. The monoisotopic (exact) mass is 269 g/mol. The van der Waals surface area contributed by atoms with Gasteiger partial charge in [0.15, 0.2) is 0 Å². The summed E-state index contributed by atoms with van der Waals surface area (Å²) >= 11 is 0. The molecule has 0 aliphatic rings. The van der Waals surface area contributed by atoms with Gasteiger partial charge in [0.25, 0.3) is 5.91 Å². The van der Waals surface area contributed by atoms with Gasteiger partial charge in [-0.25, -0.2) is 0 Å². The van der Waals surface area contributed by atoms with Gasteiger partial charge in [-0.15, -0.1) is 0 Å². The zero-order valence-corrected chi connectivity index (χ0v) is 11.6. The minimum atomic E-state index is -0.0529. The maximum atomic E-state index is 12.5. The molecular weight excluding hydrogens is 250 g/mol. The van der Waals surface area contributed by atoms with Gasteiger partial charge >= 0.3 is 0 Å². The van der Waals surface area contributed by atoms with E-state index in [1.165, 1.54) is 0 Å². The lowest BCUT2D eigenvalue weighted by Gasteiger charge is -2.22. The van der Waals surface area contributed by atoms with E-state index < -0.39 is 0 Å². The second-order valence-corrected chi connectivity index (χ2v) is 4.80. The Labute approximate surface area is 119 Å². The highest BCUT2D eigenvalue weighted by molar-refractivity contribution is 5.94. The van der Waals surface area contributed by atoms with E-state index in [0.717, 1.165) is 11.1 Å². The quantitative estimate of drug-likeness (QED) is 0.906. The Morgan fingerprint density at radius 2 is 1.70 bits per heavy atom. The smallest absolute Gasteiger partial charge is 0.254 e. The van der Waals surface area contributed by atoms with Crippen molar-refractivity contribution in [2.24, 2.45) is 0 Å². The van der Waals surface area contributed by atoms with Crippen LogP contribution in [0.5, 0.6) is 0 Å². The van der Waals surface area contributed by atoms with Crippen molar-refractivity contribution in [3.63, 3.8) is 0 Å². The number of carbonyl (C=O) groups excluding carboxylic acids is 1. The Morgan fingerprint density at radius 3 is 2.30 bits per heavy atom. The van der Waals surface area contributed by atoms with Crippen LogP contribution in [0, 0.1) is 6.92 Å². The zero-order valence-electron chi connectivity index (χ0n) is 11.6. The highest BCUT2D eigenvalue weighted by atomic mass is 16.3. The molecule has 0 aliphatic heterocycles. The maximum absolute atomic E-state index is 12.5. The van der Waals surface area contributed by atoms with Crippen LogP contribution in [0.25, 0.3) is 0 Å². The lowest BCUT2D eigenvalue weighted by atomic mass is 10.1. The van der Waals surface area contributed by atoms with Crippen LogP contribution in [0.3, 0.4) is 0 Å². The van der Waals surface area contributed by atoms with Gasteiger partial charge in [-0.05, 0) is 24.6 Å². The Balaban J connectivity index is 2.15. The van der Waals surface area contributed by atoms with Crippen LogP contribution in [-0.4, -0.2) is 29.1 Å². The second-order valence-electron chi connectivity index (χ2n) is 4.80. The standard InChI is InChI=1S/C17H19NO2/c1-14-7-9-16(10-8-14)17(20)18(11-12-19)13-15-5-3-2-4-6-15/h2-10,19H,11-13H2,1H3. The van der Waals surface area contributed by atoms with E-state index in [4.69, 9.17) is 5.11 Å². The summed E-state index contributed by atoms with van der Waals surface area (Å²) in [6.45, 7) is 2.80. The normalized spacial score (nSPS) is 10.3. The van der Waals surface area contributed by atoms with E-state index in [9.17, 15) is 4.79 Å². The molecule has 20 heavy (non-hydrogen) atoms. The van der Waals surface area contributed by atoms with Gasteiger partial charge in [0.1, 0.15) is 0 Å². The van der Waals surface area contributed by atoms with Crippen molar-refractivity contribution < 1.29 is 9.90 Å². The van der Waals surface area contributed by atoms with E-state index in [2.05, 4.69) is 0 Å². The molecule has 0 radical (unpaired) electrons. The van der Waals surface area contributed by atoms with E-state index in [-0.39, 0.29) is 12.5 Å². The first kappa shape index (κ1) is 14.3. The van der Waals surface area contributed by atoms with E-state index in [1.807, 2.05) is 61.5 Å². The molecule has 0 aliphatic carbocycles. The van der Waals surface area contributed by atoms with Crippen molar-refractivity contribution in [3.05, 3.63) is 71.3 Å². The molecule has 2 aromatic carbocycles. The van der Waals surface area contributed by atoms with Crippen molar-refractivity contribution in [1.29, 1.82) is 0 Å². The van der Waals surface area contributed by atoms with E-state index >= 15 is 0 Å². The molecule has 0 fully saturated rings. The van der Waals surface area contributed by atoms with Gasteiger partial charge in [-0.3, -0.25) is 4.79 Å². The van der Waals surface area contributed by atoms with E-state index in [1.54, 1.807) is 4.90 Å². The number of aliphatic hydroxyl groups excluding tert-OH is 1. The fourth-order valence-corrected chi connectivity index (χ4v) is 2.06. The van der Waals surface area contributed by atoms with Crippen LogP contribution in [0.15, 0.2) is 54.6 Å². The number of aliphatic hydroxyl groups is 1. The SMILES string of the molecule is Cc1ccc(C(=O)N(CCO)Cc2ccccc2)cc1. The molecule has 0 bridgehead atoms. The minimum absolute atomic E-state index is 0.0373. The average Bonchev–Trinajstić information content (AvgIpc) is 2.48. The van der Waals surface area contributed by atoms with Crippen molar-refractivity contribution in [1.82, 2.24) is 4.90 Å². The molecule has 0 atom stereocenters. The Morgan fingerprint density at radius 1 is 1.05 bits per heavy atom. The first-order valence-electron chi connectivity index (χ1n) is 6.71. The molecule has 0 saturated carbocycles. The average molecular weight is 269 g/mol. The molecule has 2 rings (SSSR count). The summed E-state index contributed by atoms with van der Waals surface area (Å²) in [4.78, 5) is 14.1. The highest BCUT2D eigenvalue weighted by Gasteiger charge is 2.15.